The molecule has 1 aromatic carbocycles. The lowest BCUT2D eigenvalue weighted by Crippen LogP contribution is -2.56. The van der Waals surface area contributed by atoms with Crippen LogP contribution in [0.15, 0.2) is 30.3 Å². The van der Waals surface area contributed by atoms with Gasteiger partial charge in [0, 0.05) is 25.2 Å². The Morgan fingerprint density at radius 2 is 2.11 bits per heavy atom. The van der Waals surface area contributed by atoms with E-state index in [1.807, 2.05) is 11.8 Å². The number of nitrogens with zero attached hydrogens (tertiary/aromatic N) is 1. The summed E-state index contributed by atoms with van der Waals surface area (Å²) < 4.78 is 0. The highest BCUT2D eigenvalue weighted by Gasteiger charge is 2.24. The zero-order valence-electron chi connectivity index (χ0n) is 12.1. The first kappa shape index (κ1) is 14.9. The van der Waals surface area contributed by atoms with Gasteiger partial charge in [-0.1, -0.05) is 30.3 Å². The predicted molar refractivity (Wildman–Crippen MR) is 86.0 cm³/mol. The normalized spacial score (nSPS) is 24.5. The minimum Gasteiger partial charge on any atom is -0.311 e. The minimum atomic E-state index is 0.605. The van der Waals surface area contributed by atoms with Gasteiger partial charge in [-0.05, 0) is 43.9 Å². The van der Waals surface area contributed by atoms with Crippen molar-refractivity contribution in [2.45, 2.75) is 31.8 Å². The van der Waals surface area contributed by atoms with E-state index >= 15 is 0 Å². The molecule has 1 aromatic rings. The molecule has 0 aromatic heterocycles. The summed E-state index contributed by atoms with van der Waals surface area (Å²) in [7, 11) is 0. The molecular formula is C16H26N2S. The molecule has 0 spiro atoms. The van der Waals surface area contributed by atoms with Crippen molar-refractivity contribution in [1.82, 2.24) is 10.2 Å². The number of benzene rings is 1. The second-order valence-electron chi connectivity index (χ2n) is 5.49. The molecule has 1 aliphatic heterocycles. The number of nitrogens with one attached hydrogen (secondary N) is 1. The molecule has 1 N–H and O–H groups in total. The molecule has 2 rings (SSSR count). The summed E-state index contributed by atoms with van der Waals surface area (Å²) >= 11 is 1.95. The molecular weight excluding hydrogens is 252 g/mol. The van der Waals surface area contributed by atoms with Gasteiger partial charge in [-0.25, -0.2) is 0 Å². The Labute approximate surface area is 122 Å². The molecule has 1 aliphatic rings. The van der Waals surface area contributed by atoms with Crippen molar-refractivity contribution in [2.24, 2.45) is 0 Å². The fourth-order valence-corrected chi connectivity index (χ4v) is 3.17. The van der Waals surface area contributed by atoms with Gasteiger partial charge in [0.15, 0.2) is 0 Å². The van der Waals surface area contributed by atoms with E-state index in [9.17, 15) is 0 Å². The van der Waals surface area contributed by atoms with Gasteiger partial charge in [0.2, 0.25) is 0 Å². The summed E-state index contributed by atoms with van der Waals surface area (Å²) in [5.41, 5.74) is 1.44. The second-order valence-corrected chi connectivity index (χ2v) is 6.47. The fraction of sp³-hybridized carbons (Fsp3) is 0.625. The first-order valence-electron chi connectivity index (χ1n) is 7.30. The van der Waals surface area contributed by atoms with E-state index < -0.39 is 0 Å². The Morgan fingerprint density at radius 1 is 1.32 bits per heavy atom. The van der Waals surface area contributed by atoms with Crippen LogP contribution in [0.1, 0.15) is 18.9 Å². The van der Waals surface area contributed by atoms with Crippen LogP contribution in [0.25, 0.3) is 0 Å². The molecule has 3 heteroatoms. The quantitative estimate of drug-likeness (QED) is 0.805. The number of rotatable bonds is 6. The van der Waals surface area contributed by atoms with Gasteiger partial charge in [0.1, 0.15) is 0 Å². The van der Waals surface area contributed by atoms with Crippen LogP contribution < -0.4 is 5.32 Å². The van der Waals surface area contributed by atoms with E-state index in [4.69, 9.17) is 0 Å². The van der Waals surface area contributed by atoms with E-state index in [1.165, 1.54) is 30.8 Å². The van der Waals surface area contributed by atoms with Crippen LogP contribution in [0.3, 0.4) is 0 Å². The SMILES string of the molecule is CSCCCN1CC(Cc2ccccc2)NCC1C. The third-order valence-electron chi connectivity index (χ3n) is 3.90. The largest absolute Gasteiger partial charge is 0.311 e. The van der Waals surface area contributed by atoms with Gasteiger partial charge >= 0.3 is 0 Å². The molecule has 0 bridgehead atoms. The van der Waals surface area contributed by atoms with E-state index in [-0.39, 0.29) is 0 Å². The summed E-state index contributed by atoms with van der Waals surface area (Å²) in [4.78, 5) is 2.65. The van der Waals surface area contributed by atoms with Crippen molar-refractivity contribution < 1.29 is 0 Å². The Morgan fingerprint density at radius 3 is 2.84 bits per heavy atom. The van der Waals surface area contributed by atoms with Crippen molar-refractivity contribution in [2.75, 3.05) is 31.6 Å². The van der Waals surface area contributed by atoms with Gasteiger partial charge in [0.25, 0.3) is 0 Å². The van der Waals surface area contributed by atoms with Crippen LogP contribution in [-0.4, -0.2) is 48.6 Å². The third-order valence-corrected chi connectivity index (χ3v) is 4.60. The van der Waals surface area contributed by atoms with Gasteiger partial charge in [-0.2, -0.15) is 11.8 Å². The maximum atomic E-state index is 3.69. The Bertz CT molecular complexity index is 355. The summed E-state index contributed by atoms with van der Waals surface area (Å²) in [6.45, 7) is 5.89. The lowest BCUT2D eigenvalue weighted by molar-refractivity contribution is 0.141. The zero-order valence-corrected chi connectivity index (χ0v) is 13.0. The Kier molecular flexibility index (Phi) is 6.21. The number of piperazine rings is 1. The summed E-state index contributed by atoms with van der Waals surface area (Å²) in [6, 6.07) is 12.1. The second kappa shape index (κ2) is 7.93. The van der Waals surface area contributed by atoms with Gasteiger partial charge in [-0.15, -0.1) is 0 Å². The highest BCUT2D eigenvalue weighted by atomic mass is 32.2. The highest BCUT2D eigenvalue weighted by molar-refractivity contribution is 7.98. The van der Waals surface area contributed by atoms with Crippen LogP contribution in [0, 0.1) is 0 Å². The molecule has 1 heterocycles. The molecule has 0 saturated carbocycles. The van der Waals surface area contributed by atoms with Crippen molar-refractivity contribution in [3.63, 3.8) is 0 Å². The van der Waals surface area contributed by atoms with Crippen LogP contribution in [0.4, 0.5) is 0 Å². The van der Waals surface area contributed by atoms with Crippen molar-refractivity contribution >= 4 is 11.8 Å². The molecule has 0 radical (unpaired) electrons. The predicted octanol–water partition coefficient (Wildman–Crippen LogP) is 2.64. The third kappa shape index (κ3) is 4.83. The number of hydrogen-bond donors (Lipinski definition) is 1. The number of thioether (sulfide) groups is 1. The topological polar surface area (TPSA) is 15.3 Å². The molecule has 1 saturated heterocycles. The van der Waals surface area contributed by atoms with Crippen LogP contribution >= 0.6 is 11.8 Å². The maximum absolute atomic E-state index is 3.69. The average molecular weight is 278 g/mol. The lowest BCUT2D eigenvalue weighted by atomic mass is 10.0. The first-order valence-corrected chi connectivity index (χ1v) is 8.69. The Balaban J connectivity index is 1.83. The smallest absolute Gasteiger partial charge is 0.0236 e. The van der Waals surface area contributed by atoms with Crippen LogP contribution in [0.2, 0.25) is 0 Å². The van der Waals surface area contributed by atoms with Gasteiger partial charge < -0.3 is 5.32 Å². The molecule has 2 unspecified atom stereocenters. The minimum absolute atomic E-state index is 0.605. The number of hydrogen-bond acceptors (Lipinski definition) is 3. The first-order chi connectivity index (χ1) is 9.29. The molecule has 2 atom stereocenters. The molecule has 0 aliphatic carbocycles. The Hall–Kier alpha value is -0.510. The van der Waals surface area contributed by atoms with Crippen molar-refractivity contribution in [3.05, 3.63) is 35.9 Å². The highest BCUT2D eigenvalue weighted by Crippen LogP contribution is 2.12. The van der Waals surface area contributed by atoms with E-state index in [0.29, 0.717) is 12.1 Å². The summed E-state index contributed by atoms with van der Waals surface area (Å²) in [6.07, 6.45) is 4.65. The summed E-state index contributed by atoms with van der Waals surface area (Å²) in [5, 5.41) is 3.69. The molecule has 0 amide bonds. The summed E-state index contributed by atoms with van der Waals surface area (Å²) in [5.74, 6) is 1.28. The fourth-order valence-electron chi connectivity index (χ4n) is 2.75. The molecule has 1 fully saturated rings. The molecule has 19 heavy (non-hydrogen) atoms. The van der Waals surface area contributed by atoms with E-state index in [0.717, 1.165) is 13.0 Å². The van der Waals surface area contributed by atoms with Crippen LogP contribution in [-0.2, 0) is 6.42 Å². The van der Waals surface area contributed by atoms with E-state index in [1.54, 1.807) is 0 Å². The molecule has 2 nitrogen and oxygen atoms in total. The zero-order chi connectivity index (χ0) is 13.5. The van der Waals surface area contributed by atoms with Crippen molar-refractivity contribution in [3.8, 4) is 0 Å². The average Bonchev–Trinajstić information content (AvgIpc) is 2.44. The van der Waals surface area contributed by atoms with E-state index in [2.05, 4.69) is 53.7 Å². The van der Waals surface area contributed by atoms with Gasteiger partial charge in [0.05, 0.1) is 0 Å². The molecule has 106 valence electrons. The van der Waals surface area contributed by atoms with Gasteiger partial charge in [-0.3, -0.25) is 4.90 Å². The standard InChI is InChI=1S/C16H26N2S/c1-14-12-17-16(11-15-7-4-3-5-8-15)13-18(14)9-6-10-19-2/h3-5,7-8,14,16-17H,6,9-13H2,1-2H3. The monoisotopic (exact) mass is 278 g/mol. The lowest BCUT2D eigenvalue weighted by Gasteiger charge is -2.39. The van der Waals surface area contributed by atoms with Crippen LogP contribution in [0.5, 0.6) is 0 Å². The maximum Gasteiger partial charge on any atom is 0.0236 e. The van der Waals surface area contributed by atoms with Crippen molar-refractivity contribution in [1.29, 1.82) is 0 Å².